The maximum absolute atomic E-state index is 11.7. The van der Waals surface area contributed by atoms with Gasteiger partial charge in [-0.15, -0.1) is 11.3 Å². The number of aromatic nitrogens is 1. The fraction of sp³-hybridized carbons (Fsp3) is 0.500. The summed E-state index contributed by atoms with van der Waals surface area (Å²) in [5, 5.41) is 13.0. The van der Waals surface area contributed by atoms with Gasteiger partial charge in [-0.2, -0.15) is 0 Å². The largest absolute Gasteiger partial charge is 0.476 e. The van der Waals surface area contributed by atoms with Crippen LogP contribution in [0.15, 0.2) is 5.38 Å². The van der Waals surface area contributed by atoms with Gasteiger partial charge in [-0.3, -0.25) is 4.79 Å². The van der Waals surface area contributed by atoms with Crippen LogP contribution < -0.4 is 5.32 Å². The van der Waals surface area contributed by atoms with E-state index in [9.17, 15) is 9.59 Å². The highest BCUT2D eigenvalue weighted by atomic mass is 32.1. The van der Waals surface area contributed by atoms with E-state index in [1.165, 1.54) is 5.38 Å². The maximum atomic E-state index is 11.7. The van der Waals surface area contributed by atoms with E-state index < -0.39 is 5.97 Å². The number of carboxylic acids is 1. The number of hydrogen-bond donors (Lipinski definition) is 2. The normalized spacial score (nSPS) is 17.6. The number of aromatic carboxylic acids is 1. The summed E-state index contributed by atoms with van der Waals surface area (Å²) in [4.78, 5) is 26.1. The Bertz CT molecular complexity index is 437. The van der Waals surface area contributed by atoms with E-state index in [4.69, 9.17) is 5.11 Å². The third-order valence-electron chi connectivity index (χ3n) is 2.79. The van der Waals surface area contributed by atoms with Crippen LogP contribution in [0.1, 0.15) is 46.5 Å². The number of thiazole rings is 1. The van der Waals surface area contributed by atoms with Gasteiger partial charge in [0.05, 0.1) is 0 Å². The summed E-state index contributed by atoms with van der Waals surface area (Å²) >= 11 is 0.966. The summed E-state index contributed by atoms with van der Waals surface area (Å²) in [5.74, 6) is -1.38. The van der Waals surface area contributed by atoms with Crippen molar-refractivity contribution in [3.8, 4) is 0 Å². The summed E-state index contributed by atoms with van der Waals surface area (Å²) in [6.45, 7) is 1.98. The molecule has 0 atom stereocenters. The highest BCUT2D eigenvalue weighted by molar-refractivity contribution is 7.11. The van der Waals surface area contributed by atoms with Gasteiger partial charge >= 0.3 is 5.97 Å². The van der Waals surface area contributed by atoms with Crippen molar-refractivity contribution >= 4 is 23.2 Å². The number of carboxylic acid groups (broad SMARTS) is 1. The molecule has 0 aliphatic heterocycles. The number of carbonyl (C=O) groups is 2. The smallest absolute Gasteiger partial charge is 0.365 e. The lowest BCUT2D eigenvalue weighted by Gasteiger charge is -2.38. The van der Waals surface area contributed by atoms with Crippen molar-refractivity contribution in [2.75, 3.05) is 0 Å². The molecule has 16 heavy (non-hydrogen) atoms. The number of rotatable bonds is 3. The number of carbonyl (C=O) groups excluding carboxylic acids is 1. The lowest BCUT2D eigenvalue weighted by molar-refractivity contribution is 0.0696. The van der Waals surface area contributed by atoms with E-state index >= 15 is 0 Å². The van der Waals surface area contributed by atoms with Crippen LogP contribution in [-0.4, -0.2) is 27.5 Å². The molecule has 0 aromatic carbocycles. The van der Waals surface area contributed by atoms with Crippen molar-refractivity contribution in [2.45, 2.75) is 31.7 Å². The summed E-state index contributed by atoms with van der Waals surface area (Å²) < 4.78 is 0. The van der Waals surface area contributed by atoms with Gasteiger partial charge in [-0.25, -0.2) is 9.78 Å². The van der Waals surface area contributed by atoms with Gasteiger partial charge in [-0.1, -0.05) is 0 Å². The first kappa shape index (κ1) is 11.1. The fourth-order valence-corrected chi connectivity index (χ4v) is 2.28. The summed E-state index contributed by atoms with van der Waals surface area (Å²) in [6.07, 6.45) is 3.05. The third kappa shape index (κ3) is 2.06. The molecule has 1 fully saturated rings. The Morgan fingerprint density at radius 3 is 2.69 bits per heavy atom. The first-order valence-corrected chi connectivity index (χ1v) is 5.89. The topological polar surface area (TPSA) is 79.3 Å². The van der Waals surface area contributed by atoms with Crippen LogP contribution in [-0.2, 0) is 0 Å². The molecule has 1 aliphatic carbocycles. The molecule has 2 rings (SSSR count). The molecular formula is C10H12N2O3S. The van der Waals surface area contributed by atoms with Crippen LogP contribution in [0, 0.1) is 0 Å². The molecular weight excluding hydrogens is 228 g/mol. The Morgan fingerprint density at radius 1 is 1.56 bits per heavy atom. The minimum absolute atomic E-state index is 0.0519. The minimum atomic E-state index is -1.10. The molecule has 0 radical (unpaired) electrons. The average molecular weight is 240 g/mol. The first-order valence-electron chi connectivity index (χ1n) is 5.01. The van der Waals surface area contributed by atoms with Crippen LogP contribution in [0.4, 0.5) is 0 Å². The molecule has 86 valence electrons. The van der Waals surface area contributed by atoms with Crippen molar-refractivity contribution in [3.63, 3.8) is 0 Å². The Labute approximate surface area is 96.5 Å². The van der Waals surface area contributed by atoms with Crippen molar-refractivity contribution in [3.05, 3.63) is 16.1 Å². The van der Waals surface area contributed by atoms with Gasteiger partial charge in [0.2, 0.25) is 5.01 Å². The molecule has 5 nitrogen and oxygen atoms in total. The van der Waals surface area contributed by atoms with Crippen molar-refractivity contribution < 1.29 is 14.7 Å². The van der Waals surface area contributed by atoms with E-state index in [0.717, 1.165) is 30.6 Å². The number of nitrogens with one attached hydrogen (secondary N) is 1. The van der Waals surface area contributed by atoms with Gasteiger partial charge in [0.1, 0.15) is 5.69 Å². The van der Waals surface area contributed by atoms with E-state index in [-0.39, 0.29) is 22.1 Å². The molecule has 1 aromatic rings. The van der Waals surface area contributed by atoms with E-state index in [2.05, 4.69) is 10.3 Å². The van der Waals surface area contributed by atoms with Crippen LogP contribution >= 0.6 is 11.3 Å². The molecule has 1 aromatic heterocycles. The molecule has 1 aliphatic rings. The van der Waals surface area contributed by atoms with E-state index in [1.807, 2.05) is 6.92 Å². The second kappa shape index (κ2) is 3.86. The van der Waals surface area contributed by atoms with Gasteiger partial charge in [0.15, 0.2) is 0 Å². The average Bonchev–Trinajstić information content (AvgIpc) is 2.64. The molecule has 1 saturated carbocycles. The summed E-state index contributed by atoms with van der Waals surface area (Å²) in [7, 11) is 0. The Kier molecular flexibility index (Phi) is 2.67. The molecule has 2 N–H and O–H groups in total. The van der Waals surface area contributed by atoms with Gasteiger partial charge in [-0.05, 0) is 26.2 Å². The zero-order valence-corrected chi connectivity index (χ0v) is 9.63. The second-order valence-corrected chi connectivity index (χ2v) is 5.07. The highest BCUT2D eigenvalue weighted by Gasteiger charge is 2.33. The number of amides is 1. The van der Waals surface area contributed by atoms with Crippen molar-refractivity contribution in [2.24, 2.45) is 0 Å². The quantitative estimate of drug-likeness (QED) is 0.839. The zero-order chi connectivity index (χ0) is 11.8. The molecule has 0 saturated heterocycles. The number of nitrogens with zero attached hydrogens (tertiary/aromatic N) is 1. The Balaban J connectivity index is 2.06. The standard InChI is InChI=1S/C10H12N2O3S/c1-10(3-2-4-10)12-7(13)6-5-16-8(11-6)9(14)15/h5H,2-4H2,1H3,(H,12,13)(H,14,15). The van der Waals surface area contributed by atoms with Crippen LogP contribution in [0.2, 0.25) is 0 Å². The first-order chi connectivity index (χ1) is 7.50. The molecule has 0 spiro atoms. The van der Waals surface area contributed by atoms with Crippen LogP contribution in [0.3, 0.4) is 0 Å². The lowest BCUT2D eigenvalue weighted by atomic mass is 9.78. The SMILES string of the molecule is CC1(NC(=O)c2csc(C(=O)O)n2)CCC1. The van der Waals surface area contributed by atoms with E-state index in [1.54, 1.807) is 0 Å². The van der Waals surface area contributed by atoms with Crippen molar-refractivity contribution in [1.29, 1.82) is 0 Å². The maximum Gasteiger partial charge on any atom is 0.365 e. The van der Waals surface area contributed by atoms with Crippen LogP contribution in [0.25, 0.3) is 0 Å². The third-order valence-corrected chi connectivity index (χ3v) is 3.62. The summed E-state index contributed by atoms with van der Waals surface area (Å²) in [5.41, 5.74) is 0.0555. The molecule has 6 heteroatoms. The monoisotopic (exact) mass is 240 g/mol. The Hall–Kier alpha value is -1.43. The van der Waals surface area contributed by atoms with E-state index in [0.29, 0.717) is 0 Å². The van der Waals surface area contributed by atoms with Crippen molar-refractivity contribution in [1.82, 2.24) is 10.3 Å². The molecule has 0 bridgehead atoms. The van der Waals surface area contributed by atoms with Gasteiger partial charge in [0.25, 0.3) is 5.91 Å². The number of hydrogen-bond acceptors (Lipinski definition) is 4. The summed E-state index contributed by atoms with van der Waals surface area (Å²) in [6, 6.07) is 0. The minimum Gasteiger partial charge on any atom is -0.476 e. The van der Waals surface area contributed by atoms with Crippen LogP contribution in [0.5, 0.6) is 0 Å². The molecule has 1 heterocycles. The zero-order valence-electron chi connectivity index (χ0n) is 8.82. The lowest BCUT2D eigenvalue weighted by Crippen LogP contribution is -2.51. The fourth-order valence-electron chi connectivity index (χ4n) is 1.65. The van der Waals surface area contributed by atoms with Gasteiger partial charge in [0, 0.05) is 10.9 Å². The predicted octanol–water partition coefficient (Wildman–Crippen LogP) is 1.51. The second-order valence-electron chi connectivity index (χ2n) is 4.21. The highest BCUT2D eigenvalue weighted by Crippen LogP contribution is 2.31. The van der Waals surface area contributed by atoms with Gasteiger partial charge < -0.3 is 10.4 Å². The Morgan fingerprint density at radius 2 is 2.25 bits per heavy atom. The molecule has 0 unspecified atom stereocenters. The molecule has 1 amide bonds. The predicted molar refractivity (Wildman–Crippen MR) is 58.8 cm³/mol.